The first-order chi connectivity index (χ1) is 17.6. The smallest absolute Gasteiger partial charge is 0.298 e. The third-order valence-corrected chi connectivity index (χ3v) is 6.30. The van der Waals surface area contributed by atoms with Crippen molar-refractivity contribution in [1.29, 1.82) is 0 Å². The highest BCUT2D eigenvalue weighted by Crippen LogP contribution is 2.37. The Kier molecular flexibility index (Phi) is 8.05. The molecular formula is C26H31F3N4O4. The van der Waals surface area contributed by atoms with Crippen molar-refractivity contribution < 1.29 is 32.5 Å². The molecule has 1 aliphatic heterocycles. The summed E-state index contributed by atoms with van der Waals surface area (Å²) < 4.78 is 60.5. The minimum atomic E-state index is -3.70. The van der Waals surface area contributed by atoms with Crippen LogP contribution in [0.4, 0.5) is 19.0 Å². The topological polar surface area (TPSA) is 89.0 Å². The Morgan fingerprint density at radius 1 is 1.27 bits per heavy atom. The third-order valence-electron chi connectivity index (χ3n) is 6.30. The van der Waals surface area contributed by atoms with Crippen LogP contribution in [0.5, 0.6) is 11.5 Å². The number of aromatic nitrogens is 2. The number of morpholine rings is 1. The SMILES string of the molecule is COc1cc2nc(C)nc(N[C@H](C)c3cccc(C(F)(F)CO)c3F)c2cc1OC[C@@H]1CN(C)CCO1. The highest BCUT2D eigenvalue weighted by atomic mass is 19.3. The van der Waals surface area contributed by atoms with Crippen molar-refractivity contribution >= 4 is 16.7 Å². The quantitative estimate of drug-likeness (QED) is 0.437. The van der Waals surface area contributed by atoms with E-state index in [0.29, 0.717) is 47.3 Å². The number of anilines is 1. The molecule has 0 bridgehead atoms. The number of ether oxygens (including phenoxy) is 3. The molecule has 200 valence electrons. The van der Waals surface area contributed by atoms with E-state index in [4.69, 9.17) is 19.3 Å². The van der Waals surface area contributed by atoms with Gasteiger partial charge in [-0.15, -0.1) is 0 Å². The Bertz CT molecular complexity index is 1260. The molecule has 0 radical (unpaired) electrons. The van der Waals surface area contributed by atoms with Gasteiger partial charge in [-0.25, -0.2) is 14.4 Å². The summed E-state index contributed by atoms with van der Waals surface area (Å²) in [6.07, 6.45) is -0.0988. The molecule has 1 aromatic heterocycles. The standard InChI is InChI=1S/C26H31F3N4O4/c1-15(18-6-5-7-20(24(18)27)26(28,29)14-34)30-25-19-10-23(37-13-17-12-33(3)8-9-36-17)22(35-4)11-21(19)31-16(2)32-25/h5-7,10-11,15,17,34H,8-9,12-14H2,1-4H3,(H,30,31,32)/t15-,17+/m1/s1. The zero-order chi connectivity index (χ0) is 26.7. The van der Waals surface area contributed by atoms with Crippen molar-refractivity contribution in [1.82, 2.24) is 14.9 Å². The number of nitrogens with one attached hydrogen (secondary N) is 1. The van der Waals surface area contributed by atoms with Gasteiger partial charge in [0, 0.05) is 30.1 Å². The van der Waals surface area contributed by atoms with Gasteiger partial charge < -0.3 is 29.5 Å². The molecule has 4 rings (SSSR count). The average molecular weight is 521 g/mol. The zero-order valence-electron chi connectivity index (χ0n) is 21.2. The molecule has 2 aromatic carbocycles. The van der Waals surface area contributed by atoms with Crippen LogP contribution in [0.1, 0.15) is 29.9 Å². The first kappa shape index (κ1) is 26.9. The molecule has 2 N–H and O–H groups in total. The van der Waals surface area contributed by atoms with Gasteiger partial charge in [0.25, 0.3) is 5.92 Å². The predicted molar refractivity (Wildman–Crippen MR) is 133 cm³/mol. The van der Waals surface area contributed by atoms with Gasteiger partial charge in [-0.2, -0.15) is 8.78 Å². The van der Waals surface area contributed by atoms with Crippen LogP contribution in [0.3, 0.4) is 0 Å². The first-order valence-electron chi connectivity index (χ1n) is 12.0. The molecule has 11 heteroatoms. The number of hydrogen-bond acceptors (Lipinski definition) is 8. The van der Waals surface area contributed by atoms with E-state index < -0.39 is 30.0 Å². The zero-order valence-corrected chi connectivity index (χ0v) is 21.2. The molecule has 3 aromatic rings. The van der Waals surface area contributed by atoms with Crippen molar-refractivity contribution in [2.24, 2.45) is 0 Å². The Labute approximate surface area is 213 Å². The monoisotopic (exact) mass is 520 g/mol. The number of aliphatic hydroxyl groups is 1. The summed E-state index contributed by atoms with van der Waals surface area (Å²) in [6.45, 7) is 4.41. The number of benzene rings is 2. The van der Waals surface area contributed by atoms with Gasteiger partial charge in [0.1, 0.15) is 36.8 Å². The maximum Gasteiger partial charge on any atom is 0.298 e. The maximum absolute atomic E-state index is 15.1. The van der Waals surface area contributed by atoms with Crippen LogP contribution in [-0.2, 0) is 10.7 Å². The number of halogens is 3. The van der Waals surface area contributed by atoms with Crippen LogP contribution >= 0.6 is 0 Å². The van der Waals surface area contributed by atoms with E-state index in [-0.39, 0.29) is 11.7 Å². The average Bonchev–Trinajstić information content (AvgIpc) is 2.87. The fraction of sp³-hybridized carbons (Fsp3) is 0.462. The number of hydrogen-bond donors (Lipinski definition) is 2. The second kappa shape index (κ2) is 11.1. The third kappa shape index (κ3) is 5.89. The molecule has 37 heavy (non-hydrogen) atoms. The Morgan fingerprint density at radius 2 is 2.05 bits per heavy atom. The van der Waals surface area contributed by atoms with Crippen LogP contribution in [0.15, 0.2) is 30.3 Å². The molecule has 0 amide bonds. The first-order valence-corrected chi connectivity index (χ1v) is 12.0. The molecular weight excluding hydrogens is 489 g/mol. The molecule has 1 saturated heterocycles. The lowest BCUT2D eigenvalue weighted by molar-refractivity contribution is -0.0583. The van der Waals surface area contributed by atoms with E-state index in [2.05, 4.69) is 20.2 Å². The lowest BCUT2D eigenvalue weighted by Crippen LogP contribution is -2.42. The molecule has 0 unspecified atom stereocenters. The van der Waals surface area contributed by atoms with Gasteiger partial charge in [0.05, 0.1) is 30.8 Å². The van der Waals surface area contributed by atoms with Crippen molar-refractivity contribution in [3.05, 3.63) is 53.1 Å². The molecule has 2 atom stereocenters. The number of alkyl halides is 2. The van der Waals surface area contributed by atoms with Gasteiger partial charge >= 0.3 is 0 Å². The van der Waals surface area contributed by atoms with Crippen molar-refractivity contribution in [2.75, 3.05) is 52.4 Å². The fourth-order valence-electron chi connectivity index (χ4n) is 4.32. The highest BCUT2D eigenvalue weighted by molar-refractivity contribution is 5.92. The van der Waals surface area contributed by atoms with Gasteiger partial charge in [0.2, 0.25) is 0 Å². The Hall–Kier alpha value is -3.15. The van der Waals surface area contributed by atoms with E-state index in [1.165, 1.54) is 19.2 Å². The molecule has 8 nitrogen and oxygen atoms in total. The van der Waals surface area contributed by atoms with E-state index in [1.54, 1.807) is 26.0 Å². The summed E-state index contributed by atoms with van der Waals surface area (Å²) in [6, 6.07) is 6.45. The van der Waals surface area contributed by atoms with E-state index >= 15 is 4.39 Å². The lowest BCUT2D eigenvalue weighted by Gasteiger charge is -2.30. The van der Waals surface area contributed by atoms with Crippen LogP contribution in [-0.4, -0.2) is 73.1 Å². The van der Waals surface area contributed by atoms with Gasteiger partial charge in [-0.1, -0.05) is 12.1 Å². The summed E-state index contributed by atoms with van der Waals surface area (Å²) in [7, 11) is 3.56. The van der Waals surface area contributed by atoms with Crippen molar-refractivity contribution in [3.63, 3.8) is 0 Å². The number of fused-ring (bicyclic) bond motifs is 1. The molecule has 0 saturated carbocycles. The van der Waals surface area contributed by atoms with Crippen LogP contribution in [0, 0.1) is 12.7 Å². The van der Waals surface area contributed by atoms with Crippen LogP contribution < -0.4 is 14.8 Å². The number of aryl methyl sites for hydroxylation is 1. The second-order valence-electron chi connectivity index (χ2n) is 9.14. The molecule has 1 aliphatic rings. The summed E-state index contributed by atoms with van der Waals surface area (Å²) in [5.74, 6) is -2.99. The normalized spacial score (nSPS) is 17.6. The van der Waals surface area contributed by atoms with E-state index in [0.717, 1.165) is 19.2 Å². The number of nitrogens with zero attached hydrogens (tertiary/aromatic N) is 3. The van der Waals surface area contributed by atoms with E-state index in [1.807, 2.05) is 7.05 Å². The summed E-state index contributed by atoms with van der Waals surface area (Å²) in [5.41, 5.74) is -0.277. The lowest BCUT2D eigenvalue weighted by atomic mass is 10.00. The Balaban J connectivity index is 1.65. The molecule has 0 spiro atoms. The molecule has 1 fully saturated rings. The van der Waals surface area contributed by atoms with Gasteiger partial charge in [-0.05, 0) is 33.0 Å². The summed E-state index contributed by atoms with van der Waals surface area (Å²) >= 11 is 0. The van der Waals surface area contributed by atoms with Gasteiger partial charge in [0.15, 0.2) is 11.5 Å². The van der Waals surface area contributed by atoms with Crippen molar-refractivity contribution in [3.8, 4) is 11.5 Å². The summed E-state index contributed by atoms with van der Waals surface area (Å²) in [5, 5.41) is 12.7. The number of methoxy groups -OCH3 is 1. The largest absolute Gasteiger partial charge is 0.493 e. The fourth-order valence-corrected chi connectivity index (χ4v) is 4.32. The van der Waals surface area contributed by atoms with Crippen LogP contribution in [0.25, 0.3) is 10.9 Å². The van der Waals surface area contributed by atoms with E-state index in [9.17, 15) is 8.78 Å². The maximum atomic E-state index is 15.1. The predicted octanol–water partition coefficient (Wildman–Crippen LogP) is 4.05. The molecule has 0 aliphatic carbocycles. The highest BCUT2D eigenvalue weighted by Gasteiger charge is 2.35. The minimum absolute atomic E-state index is 0.0126. The van der Waals surface area contributed by atoms with Crippen LogP contribution in [0.2, 0.25) is 0 Å². The Morgan fingerprint density at radius 3 is 2.76 bits per heavy atom. The van der Waals surface area contributed by atoms with Gasteiger partial charge in [-0.3, -0.25) is 0 Å². The molecule has 2 heterocycles. The minimum Gasteiger partial charge on any atom is -0.493 e. The van der Waals surface area contributed by atoms with Crippen molar-refractivity contribution in [2.45, 2.75) is 31.9 Å². The number of rotatable bonds is 9. The number of aliphatic hydroxyl groups excluding tert-OH is 1. The number of likely N-dealkylation sites (N-methyl/N-ethyl adjacent to an activating group) is 1. The summed E-state index contributed by atoms with van der Waals surface area (Å²) in [4.78, 5) is 11.1. The second-order valence-corrected chi connectivity index (χ2v) is 9.14.